The van der Waals surface area contributed by atoms with Crippen molar-refractivity contribution in [2.75, 3.05) is 13.1 Å². The molecule has 4 amide bonds. The van der Waals surface area contributed by atoms with Crippen molar-refractivity contribution in [3.05, 3.63) is 47.7 Å². The van der Waals surface area contributed by atoms with Gasteiger partial charge in [-0.3, -0.25) is 29.2 Å². The fourth-order valence-electron chi connectivity index (χ4n) is 6.00. The Bertz CT molecular complexity index is 1410. The van der Waals surface area contributed by atoms with E-state index in [-0.39, 0.29) is 35.6 Å². The van der Waals surface area contributed by atoms with E-state index in [0.717, 1.165) is 22.2 Å². The summed E-state index contributed by atoms with van der Waals surface area (Å²) in [5.74, 6) is -1.16. The van der Waals surface area contributed by atoms with Gasteiger partial charge in [-0.05, 0) is 63.6 Å². The van der Waals surface area contributed by atoms with Crippen LogP contribution in [-0.2, 0) is 19.2 Å². The number of aromatic nitrogens is 1. The molecule has 0 spiro atoms. The molecule has 10 heteroatoms. The Kier molecular flexibility index (Phi) is 7.87. The smallest absolute Gasteiger partial charge is 0.258 e. The molecule has 1 unspecified atom stereocenters. The summed E-state index contributed by atoms with van der Waals surface area (Å²) in [6.45, 7) is 10.1. The molecule has 2 saturated heterocycles. The van der Waals surface area contributed by atoms with E-state index < -0.39 is 23.5 Å². The molecular formula is C31H40N6O4. The molecule has 2 fully saturated rings. The van der Waals surface area contributed by atoms with Crippen LogP contribution in [0.15, 0.2) is 36.4 Å². The fourth-order valence-corrected chi connectivity index (χ4v) is 6.00. The molecule has 3 N–H and O–H groups in total. The normalized spacial score (nSPS) is 29.7. The van der Waals surface area contributed by atoms with Crippen molar-refractivity contribution in [3.63, 3.8) is 0 Å². The van der Waals surface area contributed by atoms with Crippen molar-refractivity contribution in [1.29, 1.82) is 0 Å². The first-order valence-electron chi connectivity index (χ1n) is 14.6. The van der Waals surface area contributed by atoms with Gasteiger partial charge in [0.2, 0.25) is 17.7 Å². The maximum atomic E-state index is 13.7. The number of pyridine rings is 1. The van der Waals surface area contributed by atoms with Crippen molar-refractivity contribution in [2.45, 2.75) is 78.0 Å². The number of hydrogen-bond acceptors (Lipinski definition) is 6. The van der Waals surface area contributed by atoms with E-state index in [2.05, 4.69) is 16.1 Å². The average Bonchev–Trinajstić information content (AvgIpc) is 3.24. The van der Waals surface area contributed by atoms with Crippen LogP contribution in [0.4, 0.5) is 0 Å². The Morgan fingerprint density at radius 2 is 1.71 bits per heavy atom. The van der Waals surface area contributed by atoms with E-state index in [1.54, 1.807) is 11.8 Å². The molecule has 1 aromatic heterocycles. The Labute approximate surface area is 240 Å². The van der Waals surface area contributed by atoms with Gasteiger partial charge >= 0.3 is 0 Å². The van der Waals surface area contributed by atoms with E-state index in [9.17, 15) is 19.2 Å². The molecule has 4 heterocycles. The van der Waals surface area contributed by atoms with Crippen molar-refractivity contribution in [2.24, 2.45) is 11.3 Å². The Morgan fingerprint density at radius 3 is 2.46 bits per heavy atom. The van der Waals surface area contributed by atoms with Crippen molar-refractivity contribution in [3.8, 4) is 0 Å². The molecule has 41 heavy (non-hydrogen) atoms. The molecule has 218 valence electrons. The summed E-state index contributed by atoms with van der Waals surface area (Å²) in [5, 5.41) is 8.28. The number of hydrogen-bond donors (Lipinski definition) is 3. The summed E-state index contributed by atoms with van der Waals surface area (Å²) in [6.07, 6.45) is 5.67. The Balaban J connectivity index is 1.52. The molecule has 10 nitrogen and oxygen atoms in total. The number of carbonyl (C=O) groups is 4. The third kappa shape index (κ3) is 5.70. The number of nitrogens with one attached hydrogen (secondary N) is 3. The van der Waals surface area contributed by atoms with E-state index in [4.69, 9.17) is 4.98 Å². The van der Waals surface area contributed by atoms with E-state index in [1.807, 2.05) is 70.2 Å². The summed E-state index contributed by atoms with van der Waals surface area (Å²) in [7, 11) is 0. The predicted molar refractivity (Wildman–Crippen MR) is 156 cm³/mol. The highest BCUT2D eigenvalue weighted by atomic mass is 16.2. The minimum absolute atomic E-state index is 0.104. The van der Waals surface area contributed by atoms with Gasteiger partial charge in [-0.1, -0.05) is 44.2 Å². The monoisotopic (exact) mass is 560 g/mol. The van der Waals surface area contributed by atoms with Gasteiger partial charge in [-0.15, -0.1) is 0 Å². The number of amides is 4. The first-order chi connectivity index (χ1) is 19.5. The summed E-state index contributed by atoms with van der Waals surface area (Å²) >= 11 is 0. The molecule has 0 radical (unpaired) electrons. The van der Waals surface area contributed by atoms with Crippen LogP contribution in [-0.4, -0.2) is 69.7 Å². The van der Waals surface area contributed by atoms with Crippen LogP contribution in [0.25, 0.3) is 17.0 Å². The number of hydrazine groups is 1. The van der Waals surface area contributed by atoms with Gasteiger partial charge in [-0.2, -0.15) is 0 Å². The van der Waals surface area contributed by atoms with Crippen LogP contribution >= 0.6 is 0 Å². The van der Waals surface area contributed by atoms with Gasteiger partial charge < -0.3 is 15.5 Å². The third-order valence-electron chi connectivity index (χ3n) is 8.54. The SMILES string of the molecule is CC(C)[C@H]1C(=O)N[C@@H](C)C(=O)N2CCC[C@H](N2)C(=O)N[C@H](C)c2ccc3ccc(cc3n2)C=CC2(C)CCN1C2=O. The molecule has 5 atom stereocenters. The molecule has 3 aliphatic heterocycles. The van der Waals surface area contributed by atoms with Crippen LogP contribution in [0.1, 0.15) is 71.2 Å². The molecule has 2 aromatic rings. The number of benzene rings is 1. The highest BCUT2D eigenvalue weighted by Crippen LogP contribution is 2.36. The van der Waals surface area contributed by atoms with Gasteiger partial charge in [0.15, 0.2) is 0 Å². The van der Waals surface area contributed by atoms with Crippen LogP contribution in [0.2, 0.25) is 0 Å². The van der Waals surface area contributed by atoms with Gasteiger partial charge in [-0.25, -0.2) is 5.43 Å². The molecule has 1 aromatic carbocycles. The van der Waals surface area contributed by atoms with Gasteiger partial charge in [0.25, 0.3) is 5.91 Å². The molecule has 0 saturated carbocycles. The lowest BCUT2D eigenvalue weighted by molar-refractivity contribution is -0.146. The zero-order valence-electron chi connectivity index (χ0n) is 24.4. The number of fused-ring (bicyclic) bond motifs is 6. The van der Waals surface area contributed by atoms with Crippen molar-refractivity contribution < 1.29 is 19.2 Å². The van der Waals surface area contributed by atoms with Gasteiger partial charge in [0.1, 0.15) is 18.1 Å². The summed E-state index contributed by atoms with van der Waals surface area (Å²) in [6, 6.07) is 7.37. The molecule has 7 bridgehead atoms. The summed E-state index contributed by atoms with van der Waals surface area (Å²) < 4.78 is 0. The minimum atomic E-state index is -0.836. The van der Waals surface area contributed by atoms with Crippen molar-refractivity contribution >= 4 is 40.6 Å². The first-order valence-corrected chi connectivity index (χ1v) is 14.6. The van der Waals surface area contributed by atoms with E-state index in [0.29, 0.717) is 32.4 Å². The van der Waals surface area contributed by atoms with Crippen molar-refractivity contribution in [1.82, 2.24) is 31.0 Å². The lowest BCUT2D eigenvalue weighted by Gasteiger charge is -2.36. The zero-order valence-corrected chi connectivity index (χ0v) is 24.4. The number of rotatable bonds is 1. The standard InChI is InChI=1S/C31H40N6O4/c1-18(2)26-28(39)33-20(4)29(40)37-15-6-7-24(35-37)27(38)32-19(3)23-11-10-22-9-8-21(17-25(22)34-23)12-13-31(5)14-16-36(26)30(31)41/h8-13,17-20,24,26,35H,6-7,14-16H2,1-5H3,(H,32,38)(H,33,39)/t19-,20+,24+,26+,31?/m1/s1. The van der Waals surface area contributed by atoms with E-state index in [1.165, 1.54) is 5.01 Å². The maximum Gasteiger partial charge on any atom is 0.258 e. The minimum Gasteiger partial charge on any atom is -0.347 e. The van der Waals surface area contributed by atoms with Crippen LogP contribution in [0.3, 0.4) is 0 Å². The average molecular weight is 561 g/mol. The van der Waals surface area contributed by atoms with Crippen LogP contribution < -0.4 is 16.1 Å². The largest absolute Gasteiger partial charge is 0.347 e. The molecule has 3 aliphatic rings. The maximum absolute atomic E-state index is 13.7. The van der Waals surface area contributed by atoms with Gasteiger partial charge in [0, 0.05) is 18.5 Å². The molecule has 0 aliphatic carbocycles. The highest BCUT2D eigenvalue weighted by molar-refractivity contribution is 5.95. The lowest BCUT2D eigenvalue weighted by atomic mass is 9.87. The third-order valence-corrected chi connectivity index (χ3v) is 8.54. The summed E-state index contributed by atoms with van der Waals surface area (Å²) in [4.78, 5) is 60.2. The number of carbonyl (C=O) groups excluding carboxylic acids is 4. The fraction of sp³-hybridized carbons (Fsp3) is 0.516. The predicted octanol–water partition coefficient (Wildman–Crippen LogP) is 2.70. The quantitative estimate of drug-likeness (QED) is 0.493. The van der Waals surface area contributed by atoms with Crippen LogP contribution in [0, 0.1) is 11.3 Å². The topological polar surface area (TPSA) is 124 Å². The molecular weight excluding hydrogens is 520 g/mol. The second-order valence-corrected chi connectivity index (χ2v) is 12.2. The zero-order chi connectivity index (χ0) is 29.5. The Morgan fingerprint density at radius 1 is 0.976 bits per heavy atom. The summed E-state index contributed by atoms with van der Waals surface area (Å²) in [5.41, 5.74) is 4.73. The van der Waals surface area contributed by atoms with Gasteiger partial charge in [0.05, 0.1) is 22.7 Å². The number of nitrogens with zero attached hydrogens (tertiary/aromatic N) is 3. The second kappa shape index (κ2) is 11.2. The second-order valence-electron chi connectivity index (χ2n) is 12.2. The molecule has 5 rings (SSSR count). The Hall–Kier alpha value is -3.79. The first kappa shape index (κ1) is 28.7. The lowest BCUT2D eigenvalue weighted by Crippen LogP contribution is -2.62. The van der Waals surface area contributed by atoms with Crippen LogP contribution in [0.5, 0.6) is 0 Å². The van der Waals surface area contributed by atoms with E-state index >= 15 is 0 Å². The highest BCUT2D eigenvalue weighted by Gasteiger charge is 2.46.